The molecule has 0 unspecified atom stereocenters. The van der Waals surface area contributed by atoms with Gasteiger partial charge >= 0.3 is 11.9 Å². The number of carbonyl (C=O) groups is 2. The largest absolute Gasteiger partial charge is 0.495 e. The Hall–Kier alpha value is -2.21. The molecule has 7 heteroatoms. The minimum atomic E-state index is -0.755. The second-order valence-electron chi connectivity index (χ2n) is 3.99. The van der Waals surface area contributed by atoms with Gasteiger partial charge in [-0.2, -0.15) is 0 Å². The first kappa shape index (κ1) is 17.8. The van der Waals surface area contributed by atoms with Crippen LogP contribution < -0.4 is 10.1 Å². The molecule has 1 aromatic carbocycles. The predicted octanol–water partition coefficient (Wildman–Crippen LogP) is 2.77. The van der Waals surface area contributed by atoms with Gasteiger partial charge in [0.15, 0.2) is 5.57 Å². The van der Waals surface area contributed by atoms with E-state index >= 15 is 0 Å². The summed E-state index contributed by atoms with van der Waals surface area (Å²) in [4.78, 5) is 23.6. The average molecular weight is 328 g/mol. The quantitative estimate of drug-likeness (QED) is 0.359. The van der Waals surface area contributed by atoms with Crippen molar-refractivity contribution in [2.45, 2.75) is 13.8 Å². The zero-order valence-electron chi connectivity index (χ0n) is 12.6. The van der Waals surface area contributed by atoms with E-state index in [-0.39, 0.29) is 18.8 Å². The number of rotatable bonds is 7. The number of hydrogen-bond donors (Lipinski definition) is 1. The molecule has 120 valence electrons. The van der Waals surface area contributed by atoms with E-state index in [0.717, 1.165) is 0 Å². The number of anilines is 1. The van der Waals surface area contributed by atoms with E-state index in [4.69, 9.17) is 25.8 Å². The van der Waals surface area contributed by atoms with Crippen molar-refractivity contribution >= 4 is 29.2 Å². The summed E-state index contributed by atoms with van der Waals surface area (Å²) in [6, 6.07) is 4.94. The number of carbonyl (C=O) groups excluding carboxylic acids is 2. The second kappa shape index (κ2) is 8.94. The molecule has 6 nitrogen and oxygen atoms in total. The molecule has 1 N–H and O–H groups in total. The lowest BCUT2D eigenvalue weighted by Gasteiger charge is -2.09. The molecule has 0 radical (unpaired) electrons. The number of ether oxygens (including phenoxy) is 3. The zero-order valence-corrected chi connectivity index (χ0v) is 13.4. The summed E-state index contributed by atoms with van der Waals surface area (Å²) < 4.78 is 14.7. The Balaban J connectivity index is 2.97. The standard InChI is InChI=1S/C15H18ClNO5/c1-4-21-14(18)11(15(19)22-5-2)9-17-10-6-7-12(16)13(8-10)20-3/h6-9,17H,4-5H2,1-3H3. The summed E-state index contributed by atoms with van der Waals surface area (Å²) in [7, 11) is 1.49. The third kappa shape index (κ3) is 4.96. The molecule has 0 heterocycles. The van der Waals surface area contributed by atoms with Crippen LogP contribution in [0.15, 0.2) is 30.0 Å². The van der Waals surface area contributed by atoms with Crippen LogP contribution in [0.2, 0.25) is 5.02 Å². The molecule has 0 bridgehead atoms. The van der Waals surface area contributed by atoms with Gasteiger partial charge in [0.2, 0.25) is 0 Å². The number of benzene rings is 1. The van der Waals surface area contributed by atoms with E-state index in [9.17, 15) is 9.59 Å². The second-order valence-corrected chi connectivity index (χ2v) is 4.40. The molecule has 0 aromatic heterocycles. The molecular weight excluding hydrogens is 310 g/mol. The normalized spacial score (nSPS) is 9.64. The first-order valence-electron chi connectivity index (χ1n) is 6.67. The number of esters is 2. The van der Waals surface area contributed by atoms with Crippen LogP contribution in [0.25, 0.3) is 0 Å². The minimum absolute atomic E-state index is 0.157. The van der Waals surface area contributed by atoms with Gasteiger partial charge in [-0.3, -0.25) is 0 Å². The fourth-order valence-electron chi connectivity index (χ4n) is 1.52. The fourth-order valence-corrected chi connectivity index (χ4v) is 1.72. The van der Waals surface area contributed by atoms with Crippen molar-refractivity contribution in [1.29, 1.82) is 0 Å². The maximum absolute atomic E-state index is 11.8. The average Bonchev–Trinajstić information content (AvgIpc) is 2.49. The Bertz CT molecular complexity index is 551. The monoisotopic (exact) mass is 327 g/mol. The van der Waals surface area contributed by atoms with Gasteiger partial charge in [-0.1, -0.05) is 11.6 Å². The third-order valence-corrected chi connectivity index (χ3v) is 2.84. The summed E-state index contributed by atoms with van der Waals surface area (Å²) in [6.07, 6.45) is 1.23. The van der Waals surface area contributed by atoms with E-state index in [2.05, 4.69) is 5.32 Å². The Morgan fingerprint density at radius 3 is 2.27 bits per heavy atom. The van der Waals surface area contributed by atoms with E-state index in [1.54, 1.807) is 32.0 Å². The molecule has 0 spiro atoms. The smallest absolute Gasteiger partial charge is 0.347 e. The van der Waals surface area contributed by atoms with E-state index < -0.39 is 11.9 Å². The molecule has 0 saturated heterocycles. The molecule has 0 amide bonds. The SMILES string of the molecule is CCOC(=O)C(=CNc1ccc(Cl)c(OC)c1)C(=O)OCC. The third-order valence-electron chi connectivity index (χ3n) is 2.52. The Morgan fingerprint density at radius 2 is 1.77 bits per heavy atom. The molecule has 22 heavy (non-hydrogen) atoms. The van der Waals surface area contributed by atoms with Crippen molar-refractivity contribution in [3.63, 3.8) is 0 Å². The van der Waals surface area contributed by atoms with Crippen LogP contribution in [0, 0.1) is 0 Å². The topological polar surface area (TPSA) is 73.9 Å². The van der Waals surface area contributed by atoms with Crippen LogP contribution in [0.4, 0.5) is 5.69 Å². The molecule has 0 aliphatic rings. The lowest BCUT2D eigenvalue weighted by molar-refractivity contribution is -0.146. The van der Waals surface area contributed by atoms with E-state index in [1.165, 1.54) is 13.3 Å². The number of halogens is 1. The molecule has 0 aliphatic carbocycles. The van der Waals surface area contributed by atoms with Gasteiger partial charge in [-0.05, 0) is 26.0 Å². The van der Waals surface area contributed by atoms with Crippen molar-refractivity contribution in [2.75, 3.05) is 25.6 Å². The highest BCUT2D eigenvalue weighted by molar-refractivity contribution is 6.32. The maximum Gasteiger partial charge on any atom is 0.347 e. The number of nitrogens with one attached hydrogen (secondary N) is 1. The molecule has 1 aromatic rings. The van der Waals surface area contributed by atoms with Crippen LogP contribution in [0.1, 0.15) is 13.8 Å². The zero-order chi connectivity index (χ0) is 16.5. The van der Waals surface area contributed by atoms with Crippen molar-refractivity contribution in [2.24, 2.45) is 0 Å². The van der Waals surface area contributed by atoms with Crippen LogP contribution in [-0.2, 0) is 19.1 Å². The summed E-state index contributed by atoms with van der Waals surface area (Å²) in [5.41, 5.74) is 0.366. The molecule has 0 atom stereocenters. The van der Waals surface area contributed by atoms with Crippen molar-refractivity contribution < 1.29 is 23.8 Å². The molecular formula is C15H18ClNO5. The van der Waals surface area contributed by atoms with Crippen molar-refractivity contribution in [3.05, 3.63) is 35.0 Å². The van der Waals surface area contributed by atoms with Crippen molar-refractivity contribution in [1.82, 2.24) is 0 Å². The molecule has 0 saturated carbocycles. The highest BCUT2D eigenvalue weighted by Crippen LogP contribution is 2.27. The van der Waals surface area contributed by atoms with Gasteiger partial charge in [-0.15, -0.1) is 0 Å². The van der Waals surface area contributed by atoms with E-state index in [1.807, 2.05) is 0 Å². The van der Waals surface area contributed by atoms with Gasteiger partial charge in [0.05, 0.1) is 25.3 Å². The molecule has 0 aliphatic heterocycles. The Morgan fingerprint density at radius 1 is 1.18 bits per heavy atom. The first-order chi connectivity index (χ1) is 10.5. The Kier molecular flexibility index (Phi) is 7.25. The fraction of sp³-hybridized carbons (Fsp3) is 0.333. The summed E-state index contributed by atoms with van der Waals surface area (Å²) in [6.45, 7) is 3.62. The van der Waals surface area contributed by atoms with Gasteiger partial charge in [0, 0.05) is 18.0 Å². The summed E-state index contributed by atoms with van der Waals surface area (Å²) in [5, 5.41) is 3.27. The molecule has 0 fully saturated rings. The summed E-state index contributed by atoms with van der Waals surface area (Å²) in [5.74, 6) is -1.04. The highest BCUT2D eigenvalue weighted by Gasteiger charge is 2.20. The van der Waals surface area contributed by atoms with E-state index in [0.29, 0.717) is 16.5 Å². The lowest BCUT2D eigenvalue weighted by atomic mass is 10.2. The van der Waals surface area contributed by atoms with Crippen LogP contribution >= 0.6 is 11.6 Å². The van der Waals surface area contributed by atoms with Crippen LogP contribution in [0.5, 0.6) is 5.75 Å². The van der Waals surface area contributed by atoms with Crippen LogP contribution in [0.3, 0.4) is 0 Å². The van der Waals surface area contributed by atoms with Gasteiger partial charge in [0.25, 0.3) is 0 Å². The first-order valence-corrected chi connectivity index (χ1v) is 7.05. The van der Waals surface area contributed by atoms with Gasteiger partial charge < -0.3 is 19.5 Å². The van der Waals surface area contributed by atoms with Crippen LogP contribution in [-0.4, -0.2) is 32.3 Å². The lowest BCUT2D eigenvalue weighted by Crippen LogP contribution is -2.19. The van der Waals surface area contributed by atoms with Gasteiger partial charge in [0.1, 0.15) is 5.75 Å². The summed E-state index contributed by atoms with van der Waals surface area (Å²) >= 11 is 5.93. The number of hydrogen-bond acceptors (Lipinski definition) is 6. The van der Waals surface area contributed by atoms with Crippen molar-refractivity contribution in [3.8, 4) is 5.75 Å². The highest BCUT2D eigenvalue weighted by atomic mass is 35.5. The maximum atomic E-state index is 11.8. The predicted molar refractivity (Wildman–Crippen MR) is 83.0 cm³/mol. The molecule has 1 rings (SSSR count). The Labute approximate surface area is 134 Å². The van der Waals surface area contributed by atoms with Gasteiger partial charge in [-0.25, -0.2) is 9.59 Å². The minimum Gasteiger partial charge on any atom is -0.495 e. The number of methoxy groups -OCH3 is 1.